The number of hydrogen-bond donors (Lipinski definition) is 1. The molecule has 1 heterocycles. The van der Waals surface area contributed by atoms with Crippen LogP contribution >= 0.6 is 11.8 Å². The second-order valence-corrected chi connectivity index (χ2v) is 5.73. The molecule has 1 fully saturated rings. The van der Waals surface area contributed by atoms with Crippen LogP contribution in [0, 0.1) is 0 Å². The number of piperazine rings is 1. The maximum absolute atomic E-state index is 11.3. The van der Waals surface area contributed by atoms with Gasteiger partial charge in [-0.25, -0.2) is 0 Å². The normalized spacial score (nSPS) is 19.7. The molecule has 0 aromatic rings. The second kappa shape index (κ2) is 8.74. The van der Waals surface area contributed by atoms with E-state index in [0.29, 0.717) is 12.4 Å². The average molecular weight is 275 g/mol. The molecule has 1 aliphatic rings. The molecule has 0 bridgehead atoms. The maximum atomic E-state index is 11.3. The fourth-order valence-corrected chi connectivity index (χ4v) is 2.74. The van der Waals surface area contributed by atoms with Gasteiger partial charge in [-0.05, 0) is 14.0 Å². The van der Waals surface area contributed by atoms with E-state index >= 15 is 0 Å². The lowest BCUT2D eigenvalue weighted by atomic mass is 10.3. The summed E-state index contributed by atoms with van der Waals surface area (Å²) in [6.07, 6.45) is 0. The topological polar surface area (TPSA) is 58.8 Å². The van der Waals surface area contributed by atoms with Crippen LogP contribution in [0.15, 0.2) is 0 Å². The van der Waals surface area contributed by atoms with Crippen LogP contribution < -0.4 is 5.73 Å². The van der Waals surface area contributed by atoms with Gasteiger partial charge in [0.2, 0.25) is 0 Å². The summed E-state index contributed by atoms with van der Waals surface area (Å²) in [5, 5.41) is 0. The van der Waals surface area contributed by atoms with Crippen molar-refractivity contribution in [3.63, 3.8) is 0 Å². The second-order valence-electron chi connectivity index (χ2n) is 4.58. The van der Waals surface area contributed by atoms with E-state index in [0.717, 1.165) is 38.5 Å². The smallest absolute Gasteiger partial charge is 0.323 e. The SMILES string of the molecule is CCOC(=O)C(N)CSCCN1CCN(C)CC1. The molecule has 6 heteroatoms. The van der Waals surface area contributed by atoms with Gasteiger partial charge in [-0.2, -0.15) is 11.8 Å². The molecule has 0 aliphatic carbocycles. The summed E-state index contributed by atoms with van der Waals surface area (Å²) in [7, 11) is 2.16. The number of thioether (sulfide) groups is 1. The van der Waals surface area contributed by atoms with Crippen LogP contribution in [0.5, 0.6) is 0 Å². The van der Waals surface area contributed by atoms with Crippen LogP contribution in [-0.2, 0) is 9.53 Å². The Morgan fingerprint density at radius 3 is 2.67 bits per heavy atom. The molecule has 0 spiro atoms. The van der Waals surface area contributed by atoms with E-state index in [1.165, 1.54) is 0 Å². The van der Waals surface area contributed by atoms with E-state index in [2.05, 4.69) is 16.8 Å². The van der Waals surface area contributed by atoms with E-state index in [9.17, 15) is 4.79 Å². The van der Waals surface area contributed by atoms with Crippen molar-refractivity contribution in [1.29, 1.82) is 0 Å². The zero-order chi connectivity index (χ0) is 13.4. The monoisotopic (exact) mass is 275 g/mol. The molecule has 0 aromatic heterocycles. The largest absolute Gasteiger partial charge is 0.465 e. The van der Waals surface area contributed by atoms with Gasteiger partial charge in [0.1, 0.15) is 6.04 Å². The van der Waals surface area contributed by atoms with Crippen molar-refractivity contribution in [2.75, 3.05) is 57.9 Å². The third kappa shape index (κ3) is 6.04. The molecular formula is C12H25N3O2S. The van der Waals surface area contributed by atoms with E-state index in [1.54, 1.807) is 18.7 Å². The van der Waals surface area contributed by atoms with Crippen LogP contribution in [-0.4, -0.2) is 79.7 Å². The van der Waals surface area contributed by atoms with Crippen molar-refractivity contribution >= 4 is 17.7 Å². The Morgan fingerprint density at radius 1 is 1.39 bits per heavy atom. The van der Waals surface area contributed by atoms with Gasteiger partial charge in [0, 0.05) is 44.2 Å². The Bertz CT molecular complexity index is 245. The quantitative estimate of drug-likeness (QED) is 0.515. The number of nitrogens with two attached hydrogens (primary N) is 1. The summed E-state index contributed by atoms with van der Waals surface area (Å²) in [6, 6.07) is -0.484. The molecule has 1 saturated heterocycles. The maximum Gasteiger partial charge on any atom is 0.323 e. The van der Waals surface area contributed by atoms with Gasteiger partial charge < -0.3 is 15.4 Å². The zero-order valence-electron chi connectivity index (χ0n) is 11.4. The molecule has 5 nitrogen and oxygen atoms in total. The van der Waals surface area contributed by atoms with Gasteiger partial charge in [0.05, 0.1) is 6.61 Å². The number of ether oxygens (including phenoxy) is 1. The highest BCUT2D eigenvalue weighted by atomic mass is 32.2. The minimum atomic E-state index is -0.484. The number of hydrogen-bond acceptors (Lipinski definition) is 6. The number of carbonyl (C=O) groups excluding carboxylic acids is 1. The molecule has 1 aliphatic heterocycles. The molecule has 2 N–H and O–H groups in total. The number of carbonyl (C=O) groups is 1. The Kier molecular flexibility index (Phi) is 7.65. The fraction of sp³-hybridized carbons (Fsp3) is 0.917. The van der Waals surface area contributed by atoms with Gasteiger partial charge in [0.25, 0.3) is 0 Å². The van der Waals surface area contributed by atoms with Crippen molar-refractivity contribution < 1.29 is 9.53 Å². The van der Waals surface area contributed by atoms with Crippen LogP contribution in [0.3, 0.4) is 0 Å². The zero-order valence-corrected chi connectivity index (χ0v) is 12.2. The van der Waals surface area contributed by atoms with Gasteiger partial charge >= 0.3 is 5.97 Å². The van der Waals surface area contributed by atoms with Crippen molar-refractivity contribution in [2.24, 2.45) is 5.73 Å². The summed E-state index contributed by atoms with van der Waals surface area (Å²) in [5.74, 6) is 1.38. The van der Waals surface area contributed by atoms with Gasteiger partial charge in [-0.3, -0.25) is 9.69 Å². The van der Waals surface area contributed by atoms with Crippen LogP contribution in [0.25, 0.3) is 0 Å². The van der Waals surface area contributed by atoms with E-state index in [4.69, 9.17) is 10.5 Å². The summed E-state index contributed by atoms with van der Waals surface area (Å²) in [6.45, 7) is 7.85. The van der Waals surface area contributed by atoms with Crippen molar-refractivity contribution in [3.8, 4) is 0 Å². The number of rotatable bonds is 7. The molecule has 1 unspecified atom stereocenters. The predicted molar refractivity (Wildman–Crippen MR) is 75.9 cm³/mol. The molecule has 18 heavy (non-hydrogen) atoms. The Morgan fingerprint density at radius 2 is 2.06 bits per heavy atom. The third-order valence-corrected chi connectivity index (χ3v) is 4.10. The summed E-state index contributed by atoms with van der Waals surface area (Å²) in [4.78, 5) is 16.1. The van der Waals surface area contributed by atoms with Crippen LogP contribution in [0.2, 0.25) is 0 Å². The Balaban J connectivity index is 2.02. The lowest BCUT2D eigenvalue weighted by Crippen LogP contribution is -2.45. The summed E-state index contributed by atoms with van der Waals surface area (Å²) >= 11 is 1.73. The Hall–Kier alpha value is -0.300. The highest BCUT2D eigenvalue weighted by Crippen LogP contribution is 2.06. The van der Waals surface area contributed by atoms with E-state index in [1.807, 2.05) is 0 Å². The van der Waals surface area contributed by atoms with Crippen molar-refractivity contribution in [1.82, 2.24) is 9.80 Å². The third-order valence-electron chi connectivity index (χ3n) is 3.03. The molecule has 106 valence electrons. The molecule has 0 amide bonds. The lowest BCUT2D eigenvalue weighted by molar-refractivity contribution is -0.144. The predicted octanol–water partition coefficient (Wildman–Crippen LogP) is -0.143. The lowest BCUT2D eigenvalue weighted by Gasteiger charge is -2.32. The number of esters is 1. The minimum absolute atomic E-state index is 0.287. The van der Waals surface area contributed by atoms with Crippen molar-refractivity contribution in [2.45, 2.75) is 13.0 Å². The standard InChI is InChI=1S/C12H25N3O2S/c1-3-17-12(16)11(13)10-18-9-8-15-6-4-14(2)5-7-15/h11H,3-10,13H2,1-2H3. The van der Waals surface area contributed by atoms with Gasteiger partial charge in [-0.1, -0.05) is 0 Å². The highest BCUT2D eigenvalue weighted by molar-refractivity contribution is 7.99. The molecule has 1 rings (SSSR count). The summed E-state index contributed by atoms with van der Waals surface area (Å²) < 4.78 is 4.87. The van der Waals surface area contributed by atoms with Crippen LogP contribution in [0.4, 0.5) is 0 Å². The molecular weight excluding hydrogens is 250 g/mol. The van der Waals surface area contributed by atoms with Gasteiger partial charge in [0.15, 0.2) is 0 Å². The number of nitrogens with zero attached hydrogens (tertiary/aromatic N) is 2. The molecule has 1 atom stereocenters. The van der Waals surface area contributed by atoms with E-state index < -0.39 is 6.04 Å². The molecule has 0 radical (unpaired) electrons. The van der Waals surface area contributed by atoms with Gasteiger partial charge in [-0.15, -0.1) is 0 Å². The first kappa shape index (κ1) is 15.8. The first-order valence-corrected chi connectivity index (χ1v) is 7.69. The molecule has 0 aromatic carbocycles. The number of likely N-dealkylation sites (N-methyl/N-ethyl adjacent to an activating group) is 1. The highest BCUT2D eigenvalue weighted by Gasteiger charge is 2.15. The summed E-state index contributed by atoms with van der Waals surface area (Å²) in [5.41, 5.74) is 5.73. The molecule has 0 saturated carbocycles. The minimum Gasteiger partial charge on any atom is -0.465 e. The first-order chi connectivity index (χ1) is 8.63. The Labute approximate surface area is 114 Å². The average Bonchev–Trinajstić information content (AvgIpc) is 2.36. The van der Waals surface area contributed by atoms with Crippen molar-refractivity contribution in [3.05, 3.63) is 0 Å². The van der Waals surface area contributed by atoms with E-state index in [-0.39, 0.29) is 5.97 Å². The van der Waals surface area contributed by atoms with Crippen LogP contribution in [0.1, 0.15) is 6.92 Å². The fourth-order valence-electron chi connectivity index (χ4n) is 1.79. The first-order valence-electron chi connectivity index (χ1n) is 6.54.